The maximum Gasteiger partial charge on any atom is 0.407 e. The largest absolute Gasteiger partial charge is 0.457 e. The number of ketones is 1. The molecule has 0 atom stereocenters. The van der Waals surface area contributed by atoms with Gasteiger partial charge in [0, 0.05) is 23.7 Å². The highest BCUT2D eigenvalue weighted by Gasteiger charge is 2.16. The van der Waals surface area contributed by atoms with E-state index in [0.29, 0.717) is 11.3 Å². The summed E-state index contributed by atoms with van der Waals surface area (Å²) in [7, 11) is 0. The highest BCUT2D eigenvalue weighted by atomic mass is 16.6. The first-order valence-corrected chi connectivity index (χ1v) is 9.04. The van der Waals surface area contributed by atoms with E-state index in [1.807, 2.05) is 0 Å². The average Bonchev–Trinajstić information content (AvgIpc) is 2.58. The summed E-state index contributed by atoms with van der Waals surface area (Å²) in [6.07, 6.45) is -0.701. The first kappa shape index (κ1) is 23.1. The van der Waals surface area contributed by atoms with Crippen molar-refractivity contribution < 1.29 is 28.7 Å². The van der Waals surface area contributed by atoms with Gasteiger partial charge in [-0.3, -0.25) is 14.4 Å². The Hall–Kier alpha value is -2.90. The fourth-order valence-electron chi connectivity index (χ4n) is 1.91. The summed E-state index contributed by atoms with van der Waals surface area (Å²) >= 11 is 0. The molecule has 2 amide bonds. The molecule has 28 heavy (non-hydrogen) atoms. The molecule has 154 valence electrons. The monoisotopic (exact) mass is 392 g/mol. The predicted octanol–water partition coefficient (Wildman–Crippen LogP) is 2.92. The van der Waals surface area contributed by atoms with E-state index in [-0.39, 0.29) is 30.6 Å². The van der Waals surface area contributed by atoms with E-state index in [1.165, 1.54) is 0 Å². The molecule has 1 aromatic carbocycles. The Kier molecular flexibility index (Phi) is 8.63. The van der Waals surface area contributed by atoms with Crippen molar-refractivity contribution in [3.63, 3.8) is 0 Å². The lowest BCUT2D eigenvalue weighted by atomic mass is 10.1. The number of amides is 2. The summed E-state index contributed by atoms with van der Waals surface area (Å²) in [4.78, 5) is 46.8. The topological polar surface area (TPSA) is 111 Å². The molecule has 0 saturated carbocycles. The van der Waals surface area contributed by atoms with Gasteiger partial charge in [0.1, 0.15) is 5.60 Å². The summed E-state index contributed by atoms with van der Waals surface area (Å²) in [6.45, 7) is 8.41. The first-order chi connectivity index (χ1) is 13.0. The Morgan fingerprint density at radius 1 is 1.04 bits per heavy atom. The van der Waals surface area contributed by atoms with E-state index in [1.54, 1.807) is 58.9 Å². The van der Waals surface area contributed by atoms with Crippen LogP contribution < -0.4 is 10.6 Å². The van der Waals surface area contributed by atoms with Gasteiger partial charge in [0.2, 0.25) is 5.91 Å². The first-order valence-electron chi connectivity index (χ1n) is 9.04. The average molecular weight is 392 g/mol. The molecule has 0 unspecified atom stereocenters. The van der Waals surface area contributed by atoms with E-state index in [2.05, 4.69) is 10.6 Å². The maximum absolute atomic E-state index is 12.1. The van der Waals surface area contributed by atoms with Crippen LogP contribution in [0.1, 0.15) is 51.4 Å². The molecule has 1 rings (SSSR count). The summed E-state index contributed by atoms with van der Waals surface area (Å²) in [5, 5.41) is 5.16. The zero-order valence-electron chi connectivity index (χ0n) is 17.0. The van der Waals surface area contributed by atoms with E-state index < -0.39 is 24.3 Å². The second-order valence-electron chi connectivity index (χ2n) is 7.48. The molecule has 0 aliphatic heterocycles. The van der Waals surface area contributed by atoms with Crippen LogP contribution in [0, 0.1) is 5.92 Å². The summed E-state index contributed by atoms with van der Waals surface area (Å²) in [5.41, 5.74) is 0.326. The molecule has 0 fully saturated rings. The Morgan fingerprint density at radius 3 is 2.18 bits per heavy atom. The van der Waals surface area contributed by atoms with Crippen LogP contribution in [-0.2, 0) is 19.1 Å². The number of carbonyl (C=O) groups is 4. The molecular formula is C20H28N2O6. The minimum atomic E-state index is -0.624. The van der Waals surface area contributed by atoms with Crippen LogP contribution in [0.5, 0.6) is 0 Å². The molecule has 8 nitrogen and oxygen atoms in total. The van der Waals surface area contributed by atoms with Crippen molar-refractivity contribution in [1.29, 1.82) is 0 Å². The summed E-state index contributed by atoms with van der Waals surface area (Å²) in [6, 6.07) is 6.33. The van der Waals surface area contributed by atoms with E-state index >= 15 is 0 Å². The normalized spacial score (nSPS) is 10.9. The van der Waals surface area contributed by atoms with Crippen LogP contribution >= 0.6 is 0 Å². The number of benzene rings is 1. The second-order valence-corrected chi connectivity index (χ2v) is 7.48. The van der Waals surface area contributed by atoms with E-state index in [4.69, 9.17) is 9.47 Å². The minimum absolute atomic E-state index is 0.0478. The van der Waals surface area contributed by atoms with E-state index in [0.717, 1.165) is 0 Å². The van der Waals surface area contributed by atoms with E-state index in [9.17, 15) is 19.2 Å². The van der Waals surface area contributed by atoms with Crippen LogP contribution in [-0.4, -0.2) is 42.5 Å². The molecule has 8 heteroatoms. The summed E-state index contributed by atoms with van der Waals surface area (Å²) in [5.74, 6) is -1.24. The van der Waals surface area contributed by atoms with Crippen molar-refractivity contribution in [3.05, 3.63) is 29.8 Å². The molecule has 0 heterocycles. The lowest BCUT2D eigenvalue weighted by Crippen LogP contribution is -2.33. The molecule has 0 bridgehead atoms. The second kappa shape index (κ2) is 10.4. The van der Waals surface area contributed by atoms with Crippen molar-refractivity contribution in [1.82, 2.24) is 5.32 Å². The molecule has 0 saturated heterocycles. The molecular weight excluding hydrogens is 364 g/mol. The van der Waals surface area contributed by atoms with Gasteiger partial charge >= 0.3 is 12.1 Å². The lowest BCUT2D eigenvalue weighted by molar-refractivity contribution is -0.142. The Bertz CT molecular complexity index is 704. The molecule has 2 N–H and O–H groups in total. The highest BCUT2D eigenvalue weighted by molar-refractivity contribution is 5.99. The zero-order chi connectivity index (χ0) is 21.3. The minimum Gasteiger partial charge on any atom is -0.457 e. The molecule has 0 aliphatic carbocycles. The quantitative estimate of drug-likeness (QED) is 0.520. The van der Waals surface area contributed by atoms with Crippen molar-refractivity contribution >= 4 is 29.4 Å². The van der Waals surface area contributed by atoms with Gasteiger partial charge in [-0.1, -0.05) is 13.8 Å². The highest BCUT2D eigenvalue weighted by Crippen LogP contribution is 2.12. The molecule has 0 aromatic heterocycles. The zero-order valence-corrected chi connectivity index (χ0v) is 17.0. The van der Waals surface area contributed by atoms with Crippen molar-refractivity contribution in [2.24, 2.45) is 5.92 Å². The van der Waals surface area contributed by atoms with Crippen LogP contribution in [0.3, 0.4) is 0 Å². The fraction of sp³-hybridized carbons (Fsp3) is 0.500. The Labute approximate surface area is 165 Å². The van der Waals surface area contributed by atoms with Gasteiger partial charge in [0.25, 0.3) is 0 Å². The number of alkyl carbamates (subject to hydrolysis) is 1. The number of anilines is 1. The van der Waals surface area contributed by atoms with Gasteiger partial charge in [-0.2, -0.15) is 0 Å². The van der Waals surface area contributed by atoms with Crippen LogP contribution in [0.15, 0.2) is 24.3 Å². The number of Topliss-reactive ketones (excluding diaryl/α,β-unsaturated/α-hetero) is 1. The number of carbonyl (C=O) groups excluding carboxylic acids is 4. The Balaban J connectivity index is 2.36. The predicted molar refractivity (Wildman–Crippen MR) is 104 cm³/mol. The van der Waals surface area contributed by atoms with Gasteiger partial charge in [-0.05, 0) is 45.0 Å². The van der Waals surface area contributed by atoms with Gasteiger partial charge < -0.3 is 20.1 Å². The molecule has 0 spiro atoms. The standard InChI is InChI=1S/C20H28N2O6/c1-13(2)18(25)22-15-8-6-14(7-9-15)16(23)12-27-17(24)10-11-21-19(26)28-20(3,4)5/h6-9,13H,10-12H2,1-5H3,(H,21,26)(H,22,25). The fourth-order valence-corrected chi connectivity index (χ4v) is 1.91. The van der Waals surface area contributed by atoms with Gasteiger partial charge in [-0.15, -0.1) is 0 Å². The van der Waals surface area contributed by atoms with Crippen LogP contribution in [0.4, 0.5) is 10.5 Å². The maximum atomic E-state index is 12.1. The number of hydrogen-bond acceptors (Lipinski definition) is 6. The third kappa shape index (κ3) is 9.16. The third-order valence-corrected chi connectivity index (χ3v) is 3.36. The smallest absolute Gasteiger partial charge is 0.407 e. The SMILES string of the molecule is CC(C)C(=O)Nc1ccc(C(=O)COC(=O)CCNC(=O)OC(C)(C)C)cc1. The number of rotatable bonds is 8. The molecule has 1 aromatic rings. The van der Waals surface area contributed by atoms with Crippen molar-refractivity contribution in [2.75, 3.05) is 18.5 Å². The number of esters is 1. The summed E-state index contributed by atoms with van der Waals surface area (Å²) < 4.78 is 9.96. The van der Waals surface area contributed by atoms with Crippen molar-refractivity contribution in [3.8, 4) is 0 Å². The molecule has 0 radical (unpaired) electrons. The third-order valence-electron chi connectivity index (χ3n) is 3.36. The number of hydrogen-bond donors (Lipinski definition) is 2. The van der Waals surface area contributed by atoms with Gasteiger partial charge in [-0.25, -0.2) is 4.79 Å². The molecule has 0 aliphatic rings. The van der Waals surface area contributed by atoms with Crippen molar-refractivity contribution in [2.45, 2.75) is 46.6 Å². The van der Waals surface area contributed by atoms with Gasteiger partial charge in [0.15, 0.2) is 12.4 Å². The number of ether oxygens (including phenoxy) is 2. The number of nitrogens with one attached hydrogen (secondary N) is 2. The lowest BCUT2D eigenvalue weighted by Gasteiger charge is -2.19. The van der Waals surface area contributed by atoms with Crippen LogP contribution in [0.25, 0.3) is 0 Å². The van der Waals surface area contributed by atoms with Crippen LogP contribution in [0.2, 0.25) is 0 Å². The van der Waals surface area contributed by atoms with Gasteiger partial charge in [0.05, 0.1) is 6.42 Å². The Morgan fingerprint density at radius 2 is 1.64 bits per heavy atom.